The van der Waals surface area contributed by atoms with Gasteiger partial charge in [-0.2, -0.15) is 0 Å². The van der Waals surface area contributed by atoms with Gasteiger partial charge in [-0.1, -0.05) is 37.3 Å². The van der Waals surface area contributed by atoms with Crippen LogP contribution in [0.5, 0.6) is 0 Å². The minimum absolute atomic E-state index is 0.0879. The Morgan fingerprint density at radius 3 is 2.62 bits per heavy atom. The lowest BCUT2D eigenvalue weighted by atomic mass is 10.1. The average Bonchev–Trinajstić information content (AvgIpc) is 3.23. The van der Waals surface area contributed by atoms with Gasteiger partial charge >= 0.3 is 12.0 Å². The molecule has 1 aliphatic carbocycles. The van der Waals surface area contributed by atoms with Gasteiger partial charge in [-0.25, -0.2) is 4.79 Å². The summed E-state index contributed by atoms with van der Waals surface area (Å²) in [4.78, 5) is 24.5. The standard InChI is InChI=1S/C16H22N2O3/c1-3-11(2)18(10-15(19)20)16(21)17-14-9-13(14)12-7-5-4-6-8-12/h4-8,11,13-14H,3,9-10H2,1-2H3,(H,17,21)(H,19,20). The molecule has 1 fully saturated rings. The van der Waals surface area contributed by atoms with Crippen molar-refractivity contribution >= 4 is 12.0 Å². The van der Waals surface area contributed by atoms with E-state index in [1.54, 1.807) is 0 Å². The molecule has 0 radical (unpaired) electrons. The summed E-state index contributed by atoms with van der Waals surface area (Å²) in [7, 11) is 0. The molecule has 3 atom stereocenters. The first-order valence-corrected chi connectivity index (χ1v) is 7.36. The van der Waals surface area contributed by atoms with Crippen molar-refractivity contribution in [2.24, 2.45) is 0 Å². The number of nitrogens with zero attached hydrogens (tertiary/aromatic N) is 1. The van der Waals surface area contributed by atoms with Crippen molar-refractivity contribution in [2.75, 3.05) is 6.54 Å². The molecule has 21 heavy (non-hydrogen) atoms. The molecule has 1 aromatic rings. The summed E-state index contributed by atoms with van der Waals surface area (Å²) in [5.74, 6) is -0.639. The van der Waals surface area contributed by atoms with Gasteiger partial charge in [0.05, 0.1) is 0 Å². The zero-order chi connectivity index (χ0) is 15.4. The Labute approximate surface area is 125 Å². The number of carbonyl (C=O) groups is 2. The van der Waals surface area contributed by atoms with E-state index >= 15 is 0 Å². The fourth-order valence-electron chi connectivity index (χ4n) is 2.46. The molecule has 0 saturated heterocycles. The summed E-state index contributed by atoms with van der Waals surface area (Å²) in [5, 5.41) is 11.9. The summed E-state index contributed by atoms with van der Waals surface area (Å²) < 4.78 is 0. The molecule has 5 heteroatoms. The van der Waals surface area contributed by atoms with Gasteiger partial charge < -0.3 is 15.3 Å². The van der Waals surface area contributed by atoms with Gasteiger partial charge in [0.15, 0.2) is 0 Å². The van der Waals surface area contributed by atoms with E-state index in [4.69, 9.17) is 5.11 Å². The Bertz CT molecular complexity index is 504. The maximum absolute atomic E-state index is 12.3. The number of carboxylic acids is 1. The molecule has 0 aliphatic heterocycles. The number of carbonyl (C=O) groups excluding carboxylic acids is 1. The van der Waals surface area contributed by atoms with Gasteiger partial charge in [-0.3, -0.25) is 4.79 Å². The lowest BCUT2D eigenvalue weighted by molar-refractivity contribution is -0.138. The molecule has 1 aromatic carbocycles. The van der Waals surface area contributed by atoms with Crippen LogP contribution in [0.15, 0.2) is 30.3 Å². The number of hydrogen-bond acceptors (Lipinski definition) is 2. The highest BCUT2D eigenvalue weighted by Crippen LogP contribution is 2.40. The highest BCUT2D eigenvalue weighted by atomic mass is 16.4. The van der Waals surface area contributed by atoms with Gasteiger partial charge in [-0.05, 0) is 25.3 Å². The predicted octanol–water partition coefficient (Wildman–Crippen LogP) is 2.44. The van der Waals surface area contributed by atoms with E-state index in [1.807, 2.05) is 32.0 Å². The largest absolute Gasteiger partial charge is 0.480 e. The number of aliphatic carboxylic acids is 1. The summed E-state index contributed by atoms with van der Waals surface area (Å²) in [6, 6.07) is 9.80. The van der Waals surface area contributed by atoms with Crippen molar-refractivity contribution in [1.82, 2.24) is 10.2 Å². The zero-order valence-corrected chi connectivity index (χ0v) is 12.5. The van der Waals surface area contributed by atoms with Crippen LogP contribution in [-0.2, 0) is 4.79 Å². The summed E-state index contributed by atoms with van der Waals surface area (Å²) >= 11 is 0. The van der Waals surface area contributed by atoms with E-state index in [9.17, 15) is 9.59 Å². The van der Waals surface area contributed by atoms with Crippen LogP contribution in [0.2, 0.25) is 0 Å². The molecule has 2 N–H and O–H groups in total. The Hall–Kier alpha value is -2.04. The molecule has 0 spiro atoms. The zero-order valence-electron chi connectivity index (χ0n) is 12.5. The quantitative estimate of drug-likeness (QED) is 0.845. The summed E-state index contributed by atoms with van der Waals surface area (Å²) in [6.07, 6.45) is 1.64. The second-order valence-electron chi connectivity index (χ2n) is 5.59. The third-order valence-electron chi connectivity index (χ3n) is 4.02. The Kier molecular flexibility index (Phi) is 4.83. The second kappa shape index (κ2) is 6.61. The molecule has 1 saturated carbocycles. The van der Waals surface area contributed by atoms with Crippen molar-refractivity contribution in [3.05, 3.63) is 35.9 Å². The highest BCUT2D eigenvalue weighted by molar-refractivity contribution is 5.81. The van der Waals surface area contributed by atoms with Crippen molar-refractivity contribution in [1.29, 1.82) is 0 Å². The monoisotopic (exact) mass is 290 g/mol. The van der Waals surface area contributed by atoms with E-state index in [1.165, 1.54) is 10.5 Å². The number of rotatable bonds is 6. The molecule has 114 valence electrons. The van der Waals surface area contributed by atoms with Gasteiger partial charge in [0, 0.05) is 18.0 Å². The lowest BCUT2D eigenvalue weighted by Crippen LogP contribution is -2.48. The Morgan fingerprint density at radius 2 is 2.05 bits per heavy atom. The SMILES string of the molecule is CCC(C)N(CC(=O)O)C(=O)NC1CC1c1ccccc1. The van der Waals surface area contributed by atoms with Crippen molar-refractivity contribution in [2.45, 2.75) is 44.7 Å². The molecule has 0 aromatic heterocycles. The van der Waals surface area contributed by atoms with Crippen LogP contribution < -0.4 is 5.32 Å². The lowest BCUT2D eigenvalue weighted by Gasteiger charge is -2.27. The Balaban J connectivity index is 1.93. The second-order valence-corrected chi connectivity index (χ2v) is 5.59. The summed E-state index contributed by atoms with van der Waals surface area (Å²) in [6.45, 7) is 3.55. The molecule has 2 amide bonds. The molecule has 0 bridgehead atoms. The van der Waals surface area contributed by atoms with E-state index in [0.717, 1.165) is 12.8 Å². The predicted molar refractivity (Wildman–Crippen MR) is 80.2 cm³/mol. The maximum Gasteiger partial charge on any atom is 0.323 e. The molecule has 2 rings (SSSR count). The van der Waals surface area contributed by atoms with E-state index in [-0.39, 0.29) is 24.7 Å². The smallest absolute Gasteiger partial charge is 0.323 e. The van der Waals surface area contributed by atoms with Gasteiger partial charge in [-0.15, -0.1) is 0 Å². The van der Waals surface area contributed by atoms with Crippen molar-refractivity contribution < 1.29 is 14.7 Å². The number of carboxylic acid groups (broad SMARTS) is 1. The van der Waals surface area contributed by atoms with Crippen LogP contribution in [0, 0.1) is 0 Å². The third-order valence-corrected chi connectivity index (χ3v) is 4.02. The number of amides is 2. The van der Waals surface area contributed by atoms with Crippen molar-refractivity contribution in [3.63, 3.8) is 0 Å². The van der Waals surface area contributed by atoms with Gasteiger partial charge in [0.2, 0.25) is 0 Å². The highest BCUT2D eigenvalue weighted by Gasteiger charge is 2.40. The van der Waals surface area contributed by atoms with Crippen LogP contribution in [-0.4, -0.2) is 40.6 Å². The molecular formula is C16H22N2O3. The molecule has 1 aliphatic rings. The minimum atomic E-state index is -0.985. The van der Waals surface area contributed by atoms with Crippen LogP contribution in [0.25, 0.3) is 0 Å². The van der Waals surface area contributed by atoms with Crippen LogP contribution in [0.3, 0.4) is 0 Å². The van der Waals surface area contributed by atoms with E-state index in [2.05, 4.69) is 17.4 Å². The third kappa shape index (κ3) is 3.97. The molecule has 3 unspecified atom stereocenters. The normalized spacial score (nSPS) is 21.4. The fourth-order valence-corrected chi connectivity index (χ4v) is 2.46. The van der Waals surface area contributed by atoms with Crippen molar-refractivity contribution in [3.8, 4) is 0 Å². The fraction of sp³-hybridized carbons (Fsp3) is 0.500. The average molecular weight is 290 g/mol. The number of urea groups is 1. The first-order valence-electron chi connectivity index (χ1n) is 7.36. The van der Waals surface area contributed by atoms with Crippen LogP contribution >= 0.6 is 0 Å². The molecule has 5 nitrogen and oxygen atoms in total. The van der Waals surface area contributed by atoms with Gasteiger partial charge in [0.1, 0.15) is 6.54 Å². The maximum atomic E-state index is 12.3. The van der Waals surface area contributed by atoms with Gasteiger partial charge in [0.25, 0.3) is 0 Å². The first-order chi connectivity index (χ1) is 10.0. The number of benzene rings is 1. The first kappa shape index (κ1) is 15.4. The van der Waals surface area contributed by atoms with E-state index < -0.39 is 5.97 Å². The topological polar surface area (TPSA) is 69.6 Å². The minimum Gasteiger partial charge on any atom is -0.480 e. The van der Waals surface area contributed by atoms with Crippen LogP contribution in [0.1, 0.15) is 38.2 Å². The number of hydrogen-bond donors (Lipinski definition) is 2. The van der Waals surface area contributed by atoms with Crippen LogP contribution in [0.4, 0.5) is 4.79 Å². The number of nitrogens with one attached hydrogen (secondary N) is 1. The molecular weight excluding hydrogens is 268 g/mol. The molecule has 0 heterocycles. The Morgan fingerprint density at radius 1 is 1.38 bits per heavy atom. The summed E-state index contributed by atoms with van der Waals surface area (Å²) in [5.41, 5.74) is 1.22. The van der Waals surface area contributed by atoms with E-state index in [0.29, 0.717) is 5.92 Å².